The molecule has 2 aromatic heterocycles. The summed E-state index contributed by atoms with van der Waals surface area (Å²) in [7, 11) is 3.75. The summed E-state index contributed by atoms with van der Waals surface area (Å²) in [6.45, 7) is 0.126. The van der Waals surface area contributed by atoms with E-state index in [1.54, 1.807) is 24.4 Å². The zero-order chi connectivity index (χ0) is 28.4. The highest BCUT2D eigenvalue weighted by Crippen LogP contribution is 2.40. The largest absolute Gasteiger partial charge is 0.494 e. The van der Waals surface area contributed by atoms with Crippen LogP contribution < -0.4 is 25.4 Å². The van der Waals surface area contributed by atoms with Crippen LogP contribution in [0.2, 0.25) is 0 Å². The van der Waals surface area contributed by atoms with Crippen molar-refractivity contribution in [1.29, 1.82) is 0 Å². The molecule has 4 N–H and O–H groups in total. The van der Waals surface area contributed by atoms with Crippen LogP contribution >= 0.6 is 11.3 Å². The molecule has 12 nitrogen and oxygen atoms in total. The molecule has 0 spiro atoms. The van der Waals surface area contributed by atoms with Crippen LogP contribution in [0.15, 0.2) is 30.5 Å². The minimum atomic E-state index is -3.34. The number of anilines is 3. The predicted octanol–water partition coefficient (Wildman–Crippen LogP) is -1.01. The molecule has 1 aliphatic carbocycles. The minimum Gasteiger partial charge on any atom is -0.494 e. The number of amides is 2. The molecule has 1 saturated carbocycles. The van der Waals surface area contributed by atoms with Gasteiger partial charge in [-0.2, -0.15) is 0 Å². The number of methoxy groups -OCH3 is 1. The van der Waals surface area contributed by atoms with E-state index in [4.69, 9.17) is 4.74 Å². The van der Waals surface area contributed by atoms with Gasteiger partial charge in [0.05, 0.1) is 30.3 Å². The summed E-state index contributed by atoms with van der Waals surface area (Å²) in [4.78, 5) is 30.6. The van der Waals surface area contributed by atoms with Gasteiger partial charge in [0.25, 0.3) is 5.91 Å². The lowest BCUT2D eigenvalue weighted by Gasteiger charge is -2.22. The normalized spacial score (nSPS) is 13.5. The Morgan fingerprint density at radius 3 is 2.56 bits per heavy atom. The maximum absolute atomic E-state index is 13.1. The van der Waals surface area contributed by atoms with Crippen LogP contribution in [0.25, 0.3) is 10.6 Å². The molecule has 2 amide bonds. The van der Waals surface area contributed by atoms with Gasteiger partial charge in [0.1, 0.15) is 28.5 Å². The van der Waals surface area contributed by atoms with Crippen molar-refractivity contribution in [3.05, 3.63) is 41.0 Å². The quantitative estimate of drug-likeness (QED) is 0.213. The highest BCUT2D eigenvalue weighted by molar-refractivity contribution is 7.88. The third kappa shape index (κ3) is 7.80. The van der Waals surface area contributed by atoms with Crippen LogP contribution in [0.3, 0.4) is 0 Å². The molecule has 0 aliphatic heterocycles. The second-order valence-electron chi connectivity index (χ2n) is 10.2. The number of carbonyl (C=O) groups excluding carboxylic acids is 2. The maximum Gasteiger partial charge on any atom is 0.272 e. The second-order valence-corrected chi connectivity index (χ2v) is 13.1. The van der Waals surface area contributed by atoms with Crippen molar-refractivity contribution in [1.82, 2.24) is 25.2 Å². The fourth-order valence-electron chi connectivity index (χ4n) is 3.57. The van der Waals surface area contributed by atoms with E-state index < -0.39 is 21.2 Å². The number of para-hydroxylation sites is 1. The molecule has 17 heteroatoms. The van der Waals surface area contributed by atoms with E-state index in [0.29, 0.717) is 27.7 Å². The molecule has 0 atom stereocenters. The van der Waals surface area contributed by atoms with Crippen molar-refractivity contribution in [2.24, 2.45) is 5.92 Å². The highest BCUT2D eigenvalue weighted by Gasteiger charge is 2.30. The Bertz CT molecular complexity index is 1510. The number of hydrogen-bond acceptors (Lipinski definition) is 10. The smallest absolute Gasteiger partial charge is 0.272 e. The second kappa shape index (κ2) is 11.4. The van der Waals surface area contributed by atoms with E-state index in [9.17, 15) is 18.0 Å². The first-order valence-corrected chi connectivity index (χ1v) is 14.9. The minimum absolute atomic E-state index is 0.0281. The molecule has 39 heavy (non-hydrogen) atoms. The summed E-state index contributed by atoms with van der Waals surface area (Å²) in [6, 6.07) is 6.97. The molecule has 1 aromatic carbocycles. The molecule has 0 unspecified atom stereocenters. The van der Waals surface area contributed by atoms with E-state index in [0.717, 1.165) is 24.0 Å². The summed E-state index contributed by atoms with van der Waals surface area (Å²) >= 11 is 1.32. The van der Waals surface area contributed by atoms with Gasteiger partial charge in [-0.15, -0.1) is 21.5 Å². The maximum atomic E-state index is 13.1. The first-order valence-electron chi connectivity index (χ1n) is 12.2. The van der Waals surface area contributed by atoms with Crippen molar-refractivity contribution in [3.8, 4) is 16.3 Å². The van der Waals surface area contributed by atoms with Gasteiger partial charge >= 0.3 is 0 Å². The number of aromatic nitrogens is 3. The standard InChI is InChI=1S/C22H28B3N7O5S2/c1-37-18-13(21-26-9-12(38-21)10-27-39(2,35)36)4-3-5-14(18)28-15-8-16(29-19(33)11-6-7-11)31-32-17(15)20(34)30-22(23,24)25/h3-5,8-9,11,27H,6-7,10,23-25H2,1-2H3,(H,30,34)(H2,28,29,31,33). The molecule has 0 radical (unpaired) electrons. The van der Waals surface area contributed by atoms with Crippen LogP contribution in [0.5, 0.6) is 5.75 Å². The third-order valence-corrected chi connectivity index (χ3v) is 7.18. The fourth-order valence-corrected chi connectivity index (χ4v) is 4.96. The Labute approximate surface area is 233 Å². The lowest BCUT2D eigenvalue weighted by molar-refractivity contribution is -0.117. The van der Waals surface area contributed by atoms with E-state index in [2.05, 4.69) is 35.9 Å². The van der Waals surface area contributed by atoms with Gasteiger partial charge in [0.15, 0.2) is 17.3 Å². The van der Waals surface area contributed by atoms with Crippen LogP contribution in [0.1, 0.15) is 28.2 Å². The predicted molar refractivity (Wildman–Crippen MR) is 158 cm³/mol. The first kappa shape index (κ1) is 28.6. The van der Waals surface area contributed by atoms with E-state index in [1.807, 2.05) is 29.6 Å². The van der Waals surface area contributed by atoms with E-state index in [-0.39, 0.29) is 29.9 Å². The molecule has 2 heterocycles. The molecular formula is C22H28B3N7O5S2. The Morgan fingerprint density at radius 2 is 1.92 bits per heavy atom. The number of ether oxygens (including phenoxy) is 1. The number of carbonyl (C=O) groups is 2. The van der Waals surface area contributed by atoms with Crippen molar-refractivity contribution < 1.29 is 22.7 Å². The lowest BCUT2D eigenvalue weighted by Crippen LogP contribution is -2.50. The molecule has 3 aromatic rings. The zero-order valence-electron chi connectivity index (χ0n) is 22.3. The van der Waals surface area contributed by atoms with Crippen molar-refractivity contribution >= 4 is 73.9 Å². The Balaban J connectivity index is 1.67. The SMILES string of the molecule is BC(B)(B)NC(=O)c1nnc(NC(=O)C2CC2)cc1Nc1cccc(-c2ncc(CNS(C)(=O)=O)s2)c1OC. The summed E-state index contributed by atoms with van der Waals surface area (Å²) in [5.41, 5.74) is 1.57. The van der Waals surface area contributed by atoms with Gasteiger partial charge in [0.2, 0.25) is 15.9 Å². The average molecular weight is 567 g/mol. The van der Waals surface area contributed by atoms with Crippen LogP contribution in [-0.2, 0) is 21.4 Å². The molecule has 1 fully saturated rings. The monoisotopic (exact) mass is 567 g/mol. The van der Waals surface area contributed by atoms with Crippen LogP contribution in [-0.4, -0.2) is 77.6 Å². The number of benzene rings is 1. The van der Waals surface area contributed by atoms with Gasteiger partial charge in [-0.05, 0) is 30.2 Å². The average Bonchev–Trinajstić information content (AvgIpc) is 3.59. The van der Waals surface area contributed by atoms with E-state index >= 15 is 0 Å². The Kier molecular flexibility index (Phi) is 8.32. The number of rotatable bonds is 11. The molecule has 202 valence electrons. The fraction of sp³-hybridized carbons (Fsp3) is 0.318. The molecular weight excluding hydrogens is 539 g/mol. The number of hydrogen-bond donors (Lipinski definition) is 4. The molecule has 1 aliphatic rings. The number of thiazole rings is 1. The number of nitrogens with zero attached hydrogens (tertiary/aromatic N) is 3. The third-order valence-electron chi connectivity index (χ3n) is 5.48. The van der Waals surface area contributed by atoms with Gasteiger partial charge in [-0.1, -0.05) is 6.07 Å². The molecule has 4 rings (SSSR count). The summed E-state index contributed by atoms with van der Waals surface area (Å²) < 4.78 is 31.1. The van der Waals surface area contributed by atoms with E-state index in [1.165, 1.54) is 18.4 Å². The van der Waals surface area contributed by atoms with Gasteiger partial charge in [-0.3, -0.25) is 9.59 Å². The van der Waals surface area contributed by atoms with Gasteiger partial charge in [-0.25, -0.2) is 18.1 Å². The first-order chi connectivity index (χ1) is 18.3. The van der Waals surface area contributed by atoms with Crippen molar-refractivity contribution in [3.63, 3.8) is 0 Å². The zero-order valence-corrected chi connectivity index (χ0v) is 23.9. The van der Waals surface area contributed by atoms with Gasteiger partial charge in [0, 0.05) is 29.6 Å². The van der Waals surface area contributed by atoms with Crippen LogP contribution in [0.4, 0.5) is 17.2 Å². The number of sulfonamides is 1. The van der Waals surface area contributed by atoms with Crippen molar-refractivity contribution in [2.45, 2.75) is 24.6 Å². The molecule has 0 saturated heterocycles. The van der Waals surface area contributed by atoms with Crippen LogP contribution in [0, 0.1) is 5.92 Å². The summed E-state index contributed by atoms with van der Waals surface area (Å²) in [5.74, 6) is 0.0822. The summed E-state index contributed by atoms with van der Waals surface area (Å²) in [5, 5.41) is 17.2. The summed E-state index contributed by atoms with van der Waals surface area (Å²) in [6.07, 6.45) is 4.38. The molecule has 0 bridgehead atoms. The topological polar surface area (TPSA) is 164 Å². The van der Waals surface area contributed by atoms with Gasteiger partial charge < -0.3 is 20.7 Å². The lowest BCUT2D eigenvalue weighted by atomic mass is 9.49. The highest BCUT2D eigenvalue weighted by atomic mass is 32.2. The van der Waals surface area contributed by atoms with Crippen molar-refractivity contribution in [2.75, 3.05) is 24.0 Å². The Morgan fingerprint density at radius 1 is 1.18 bits per heavy atom. The number of nitrogens with one attached hydrogen (secondary N) is 4. The Hall–Kier alpha value is -3.43.